The number of rotatable bonds is 11. The second kappa shape index (κ2) is 12.3. The highest BCUT2D eigenvalue weighted by Crippen LogP contribution is 2.29. The first-order valence-corrected chi connectivity index (χ1v) is 12.7. The zero-order valence-electron chi connectivity index (χ0n) is 21.1. The van der Waals surface area contributed by atoms with Crippen LogP contribution in [0.4, 0.5) is 17.6 Å². The fourth-order valence-electron chi connectivity index (χ4n) is 4.55. The third kappa shape index (κ3) is 7.57. The van der Waals surface area contributed by atoms with Crippen LogP contribution in [-0.2, 0) is 25.7 Å². The number of carbonyl (C=O) groups is 2. The van der Waals surface area contributed by atoms with Crippen LogP contribution in [0.5, 0.6) is 0 Å². The lowest BCUT2D eigenvalue weighted by Crippen LogP contribution is -2.30. The Labute approximate surface area is 221 Å². The van der Waals surface area contributed by atoms with E-state index in [0.29, 0.717) is 12.5 Å². The summed E-state index contributed by atoms with van der Waals surface area (Å²) in [5, 5.41) is 18.1. The topological polar surface area (TPSA) is 146 Å². The molecule has 4 rings (SSSR count). The van der Waals surface area contributed by atoms with Gasteiger partial charge >= 0.3 is 6.18 Å². The summed E-state index contributed by atoms with van der Waals surface area (Å²) in [6.07, 6.45) is 1.82. The first-order chi connectivity index (χ1) is 18.6. The second-order valence-corrected chi connectivity index (χ2v) is 9.61. The maximum absolute atomic E-state index is 14.9. The molecule has 1 aliphatic carbocycles. The molecule has 3 heterocycles. The quantitative estimate of drug-likeness (QED) is 0.348. The number of hydrogen-bond acceptors (Lipinski definition) is 7. The highest BCUT2D eigenvalue weighted by Gasteiger charge is 2.31. The molecule has 0 saturated heterocycles. The molecule has 1 atom stereocenters. The number of nitrogens with two attached hydrogens (primary N) is 1. The number of aromatic nitrogens is 7. The molecule has 39 heavy (non-hydrogen) atoms. The van der Waals surface area contributed by atoms with Gasteiger partial charge in [-0.1, -0.05) is 29.7 Å². The molecule has 0 aliphatic heterocycles. The van der Waals surface area contributed by atoms with Crippen molar-refractivity contribution >= 4 is 11.8 Å². The number of alkyl halides is 4. The van der Waals surface area contributed by atoms with Crippen molar-refractivity contribution < 1.29 is 27.2 Å². The molecule has 0 spiro atoms. The molecule has 0 aromatic carbocycles. The molecular weight excluding hydrogens is 522 g/mol. The zero-order valence-corrected chi connectivity index (χ0v) is 21.1. The Bertz CT molecular complexity index is 1280. The average molecular weight is 552 g/mol. The van der Waals surface area contributed by atoms with Gasteiger partial charge < -0.3 is 11.1 Å². The van der Waals surface area contributed by atoms with Crippen molar-refractivity contribution in [3.05, 3.63) is 52.9 Å². The molecule has 3 aromatic rings. The highest BCUT2D eigenvalue weighted by atomic mass is 19.4. The SMILES string of the molecule is NC(=O)c1nnn(CC(F)CCn2cc(C(=O)NCC3CCCCC3)nn2)c1Cc1cc(C(F)(F)F)ccn1. The van der Waals surface area contributed by atoms with Crippen LogP contribution in [0.15, 0.2) is 24.5 Å². The molecular formula is C24H29F4N9O2. The number of amides is 2. The Morgan fingerprint density at radius 2 is 1.92 bits per heavy atom. The van der Waals surface area contributed by atoms with Gasteiger partial charge in [0.1, 0.15) is 6.17 Å². The summed E-state index contributed by atoms with van der Waals surface area (Å²) in [4.78, 5) is 28.1. The molecule has 11 nitrogen and oxygen atoms in total. The smallest absolute Gasteiger partial charge is 0.364 e. The maximum atomic E-state index is 14.9. The number of nitrogens with zero attached hydrogens (tertiary/aromatic N) is 7. The third-order valence-electron chi connectivity index (χ3n) is 6.65. The van der Waals surface area contributed by atoms with Gasteiger partial charge in [-0.25, -0.2) is 9.07 Å². The normalized spacial score (nSPS) is 15.3. The van der Waals surface area contributed by atoms with Gasteiger partial charge in [0.05, 0.1) is 24.0 Å². The predicted octanol–water partition coefficient (Wildman–Crippen LogP) is 2.71. The van der Waals surface area contributed by atoms with Gasteiger partial charge in [-0.2, -0.15) is 13.2 Å². The molecule has 1 unspecified atom stereocenters. The van der Waals surface area contributed by atoms with E-state index < -0.39 is 23.8 Å². The lowest BCUT2D eigenvalue weighted by atomic mass is 9.89. The Morgan fingerprint density at radius 3 is 2.64 bits per heavy atom. The van der Waals surface area contributed by atoms with Crippen molar-refractivity contribution in [2.75, 3.05) is 6.54 Å². The molecule has 0 bridgehead atoms. The van der Waals surface area contributed by atoms with Crippen LogP contribution in [0.25, 0.3) is 0 Å². The Morgan fingerprint density at radius 1 is 1.15 bits per heavy atom. The molecule has 3 N–H and O–H groups in total. The Kier molecular flexibility index (Phi) is 8.86. The minimum atomic E-state index is -4.58. The summed E-state index contributed by atoms with van der Waals surface area (Å²) < 4.78 is 56.6. The maximum Gasteiger partial charge on any atom is 0.416 e. The molecule has 15 heteroatoms. The van der Waals surface area contributed by atoms with Gasteiger partial charge in [-0.15, -0.1) is 10.2 Å². The molecule has 0 radical (unpaired) electrons. The standard InChI is InChI=1S/C24H29F4N9O2/c25-17(7-9-36-14-19(32-34-36)23(39)31-12-15-4-2-1-3-5-15)13-37-20(21(22(29)38)33-35-37)11-18-10-16(6-8-30-18)24(26,27)28/h6,8,10,14-15,17H,1-5,7,9,11-13H2,(H2,29,38)(H,31,39). The van der Waals surface area contributed by atoms with Crippen LogP contribution in [0.2, 0.25) is 0 Å². The van der Waals surface area contributed by atoms with E-state index in [1.165, 1.54) is 30.1 Å². The Hall–Kier alpha value is -3.91. The van der Waals surface area contributed by atoms with E-state index >= 15 is 0 Å². The first-order valence-electron chi connectivity index (χ1n) is 12.7. The van der Waals surface area contributed by atoms with Gasteiger partial charge in [0.2, 0.25) is 0 Å². The summed E-state index contributed by atoms with van der Waals surface area (Å²) in [7, 11) is 0. The Balaban J connectivity index is 1.34. The fourth-order valence-corrected chi connectivity index (χ4v) is 4.55. The summed E-state index contributed by atoms with van der Waals surface area (Å²) in [6, 6.07) is 1.66. The summed E-state index contributed by atoms with van der Waals surface area (Å²) in [6.45, 7) is 0.353. The third-order valence-corrected chi connectivity index (χ3v) is 6.65. The predicted molar refractivity (Wildman–Crippen MR) is 129 cm³/mol. The van der Waals surface area contributed by atoms with E-state index in [-0.39, 0.29) is 54.6 Å². The summed E-state index contributed by atoms with van der Waals surface area (Å²) >= 11 is 0. The minimum absolute atomic E-state index is 0.0109. The molecule has 210 valence electrons. The largest absolute Gasteiger partial charge is 0.416 e. The van der Waals surface area contributed by atoms with Gasteiger partial charge in [0, 0.05) is 37.8 Å². The van der Waals surface area contributed by atoms with E-state index in [9.17, 15) is 27.2 Å². The summed E-state index contributed by atoms with van der Waals surface area (Å²) in [5.41, 5.74) is 4.33. The van der Waals surface area contributed by atoms with Gasteiger partial charge in [-0.3, -0.25) is 19.3 Å². The monoisotopic (exact) mass is 551 g/mol. The zero-order chi connectivity index (χ0) is 28.0. The lowest BCUT2D eigenvalue weighted by Gasteiger charge is -2.21. The number of carbonyl (C=O) groups excluding carboxylic acids is 2. The number of primary amides is 1. The average Bonchev–Trinajstić information content (AvgIpc) is 3.54. The number of aryl methyl sites for hydroxylation is 1. The fraction of sp³-hybridized carbons (Fsp3) is 0.542. The number of hydrogen-bond donors (Lipinski definition) is 2. The van der Waals surface area contributed by atoms with Crippen LogP contribution in [0.1, 0.15) is 76.5 Å². The molecule has 3 aromatic heterocycles. The first kappa shape index (κ1) is 28.1. The van der Waals surface area contributed by atoms with E-state index in [0.717, 1.165) is 35.9 Å². The van der Waals surface area contributed by atoms with Crippen molar-refractivity contribution in [3.8, 4) is 0 Å². The van der Waals surface area contributed by atoms with Gasteiger partial charge in [0.25, 0.3) is 11.8 Å². The molecule has 1 aliphatic rings. The number of nitrogens with one attached hydrogen (secondary N) is 1. The van der Waals surface area contributed by atoms with Crippen LogP contribution in [0.3, 0.4) is 0 Å². The van der Waals surface area contributed by atoms with Crippen LogP contribution in [-0.4, -0.2) is 59.5 Å². The van der Waals surface area contributed by atoms with Crippen molar-refractivity contribution in [1.29, 1.82) is 0 Å². The van der Waals surface area contributed by atoms with Crippen molar-refractivity contribution in [1.82, 2.24) is 40.3 Å². The van der Waals surface area contributed by atoms with E-state index in [4.69, 9.17) is 5.73 Å². The van der Waals surface area contributed by atoms with Crippen molar-refractivity contribution in [3.63, 3.8) is 0 Å². The molecule has 1 saturated carbocycles. The number of halogens is 4. The van der Waals surface area contributed by atoms with Gasteiger partial charge in [-0.05, 0) is 30.9 Å². The van der Waals surface area contributed by atoms with E-state index in [2.05, 4.69) is 30.9 Å². The van der Waals surface area contributed by atoms with E-state index in [1.54, 1.807) is 0 Å². The lowest BCUT2D eigenvalue weighted by molar-refractivity contribution is -0.137. The highest BCUT2D eigenvalue weighted by molar-refractivity contribution is 5.92. The van der Waals surface area contributed by atoms with Crippen molar-refractivity contribution in [2.45, 2.75) is 70.4 Å². The van der Waals surface area contributed by atoms with Crippen LogP contribution in [0, 0.1) is 5.92 Å². The summed E-state index contributed by atoms with van der Waals surface area (Å²) in [5.74, 6) is -0.820. The second-order valence-electron chi connectivity index (χ2n) is 9.61. The molecule has 2 amide bonds. The van der Waals surface area contributed by atoms with Crippen LogP contribution >= 0.6 is 0 Å². The van der Waals surface area contributed by atoms with Crippen molar-refractivity contribution in [2.24, 2.45) is 11.7 Å². The minimum Gasteiger partial charge on any atom is -0.364 e. The van der Waals surface area contributed by atoms with E-state index in [1.807, 2.05) is 0 Å². The van der Waals surface area contributed by atoms with Crippen LogP contribution < -0.4 is 11.1 Å². The molecule has 1 fully saturated rings. The van der Waals surface area contributed by atoms with Gasteiger partial charge in [0.15, 0.2) is 11.4 Å². The number of pyridine rings is 1.